The van der Waals surface area contributed by atoms with E-state index in [-0.39, 0.29) is 6.04 Å². The molecule has 1 aliphatic carbocycles. The Kier molecular flexibility index (Phi) is 4.66. The zero-order valence-electron chi connectivity index (χ0n) is 19.2. The fraction of sp³-hybridized carbons (Fsp3) is 0.462. The minimum atomic E-state index is -0.891. The van der Waals surface area contributed by atoms with Crippen LogP contribution in [0.2, 0.25) is 0 Å². The maximum Gasteiger partial charge on any atom is 0.412 e. The Hall–Kier alpha value is -3.06. The number of methoxy groups -OCH3 is 1. The Labute approximate surface area is 193 Å². The lowest BCUT2D eigenvalue weighted by molar-refractivity contribution is 0.00822. The van der Waals surface area contributed by atoms with Crippen LogP contribution in [0.1, 0.15) is 49.2 Å². The summed E-state index contributed by atoms with van der Waals surface area (Å²) in [5.41, 5.74) is 5.59. The molecule has 1 saturated heterocycles. The number of hydrogen-bond donors (Lipinski definition) is 2. The van der Waals surface area contributed by atoms with Crippen molar-refractivity contribution in [1.29, 1.82) is 0 Å². The van der Waals surface area contributed by atoms with Crippen molar-refractivity contribution in [2.45, 2.75) is 51.1 Å². The van der Waals surface area contributed by atoms with E-state index in [1.54, 1.807) is 7.11 Å². The first-order chi connectivity index (χ1) is 16.0. The quantitative estimate of drug-likeness (QED) is 0.622. The number of imidazole rings is 1. The van der Waals surface area contributed by atoms with Gasteiger partial charge in [-0.15, -0.1) is 0 Å². The molecule has 7 nitrogen and oxygen atoms in total. The van der Waals surface area contributed by atoms with Crippen molar-refractivity contribution in [2.24, 2.45) is 5.41 Å². The summed E-state index contributed by atoms with van der Waals surface area (Å²) in [6.07, 6.45) is 3.84. The average molecular weight is 447 g/mol. The second kappa shape index (κ2) is 7.48. The molecule has 0 bridgehead atoms. The predicted molar refractivity (Wildman–Crippen MR) is 127 cm³/mol. The summed E-state index contributed by atoms with van der Waals surface area (Å²) in [6, 6.07) is 12.7. The largest absolute Gasteiger partial charge is 0.497 e. The lowest BCUT2D eigenvalue weighted by Gasteiger charge is -2.55. The van der Waals surface area contributed by atoms with Gasteiger partial charge in [-0.05, 0) is 67.9 Å². The van der Waals surface area contributed by atoms with E-state index in [4.69, 9.17) is 9.72 Å². The highest BCUT2D eigenvalue weighted by molar-refractivity contribution is 5.94. The monoisotopic (exact) mass is 446 g/mol. The number of anilines is 1. The van der Waals surface area contributed by atoms with Crippen LogP contribution in [0, 0.1) is 5.41 Å². The third-order valence-electron chi connectivity index (χ3n) is 7.93. The number of carboxylic acid groups (broad SMARTS) is 1. The Morgan fingerprint density at radius 3 is 2.79 bits per heavy atom. The van der Waals surface area contributed by atoms with Crippen LogP contribution >= 0.6 is 0 Å². The maximum absolute atomic E-state index is 12.0. The number of aromatic nitrogens is 2. The highest BCUT2D eigenvalue weighted by Gasteiger charge is 2.49. The zero-order chi connectivity index (χ0) is 22.7. The molecule has 0 radical (unpaired) electrons. The third-order valence-corrected chi connectivity index (χ3v) is 7.93. The second-order valence-corrected chi connectivity index (χ2v) is 10.1. The Morgan fingerprint density at radius 2 is 2.09 bits per heavy atom. The summed E-state index contributed by atoms with van der Waals surface area (Å²) in [4.78, 5) is 18.7. The van der Waals surface area contributed by atoms with E-state index in [1.807, 2.05) is 25.1 Å². The van der Waals surface area contributed by atoms with Crippen LogP contribution in [0.3, 0.4) is 0 Å². The molecule has 6 rings (SSSR count). The molecule has 2 aliphatic heterocycles. The number of aryl methyl sites for hydroxylation is 1. The van der Waals surface area contributed by atoms with Gasteiger partial charge in [-0.2, -0.15) is 0 Å². The standard InChI is InChI=1S/C26H30N4O3/c1-16-6-7-20-21(29(16)25(31)32)8-9-22-24(20)28-23(11-17-4-3-5-19(10-17)33-2)30(22)18-12-26(13-18)14-27-15-26/h3-5,8-10,16,18,27H,6-7,11-15H2,1-2H3,(H,31,32)/t16-/m0/s1. The molecule has 2 fully saturated rings. The molecular formula is C26H30N4O3. The maximum atomic E-state index is 12.0. The fourth-order valence-corrected chi connectivity index (χ4v) is 6.12. The Morgan fingerprint density at radius 1 is 1.27 bits per heavy atom. The first-order valence-electron chi connectivity index (χ1n) is 11.9. The van der Waals surface area contributed by atoms with Crippen molar-refractivity contribution in [3.05, 3.63) is 53.3 Å². The van der Waals surface area contributed by atoms with Crippen LogP contribution in [0.15, 0.2) is 36.4 Å². The number of amides is 1. The van der Waals surface area contributed by atoms with E-state index in [0.717, 1.165) is 66.2 Å². The van der Waals surface area contributed by atoms with Crippen LogP contribution in [-0.4, -0.2) is 47.0 Å². The molecule has 0 unspecified atom stereocenters. The molecule has 172 valence electrons. The minimum absolute atomic E-state index is 0.0246. The second-order valence-electron chi connectivity index (χ2n) is 10.1. The van der Waals surface area contributed by atoms with Crippen LogP contribution in [0.25, 0.3) is 11.0 Å². The predicted octanol–water partition coefficient (Wildman–Crippen LogP) is 4.38. The molecule has 1 saturated carbocycles. The van der Waals surface area contributed by atoms with Crippen molar-refractivity contribution in [1.82, 2.24) is 14.9 Å². The SMILES string of the molecule is COc1cccc(Cc2nc3c4c(ccc3n2C2CC3(CNC3)C2)N(C(=O)O)[C@@H](C)CC4)c1. The number of nitrogens with one attached hydrogen (secondary N) is 1. The number of fused-ring (bicyclic) bond motifs is 3. The van der Waals surface area contributed by atoms with Crippen LogP contribution in [-0.2, 0) is 12.8 Å². The van der Waals surface area contributed by atoms with Gasteiger partial charge in [0.2, 0.25) is 0 Å². The molecule has 2 N–H and O–H groups in total. The van der Waals surface area contributed by atoms with Gasteiger partial charge in [0.05, 0.1) is 23.8 Å². The minimum Gasteiger partial charge on any atom is -0.497 e. The molecule has 1 amide bonds. The van der Waals surface area contributed by atoms with Crippen molar-refractivity contribution in [3.63, 3.8) is 0 Å². The van der Waals surface area contributed by atoms with Gasteiger partial charge in [0.1, 0.15) is 11.6 Å². The topological polar surface area (TPSA) is 79.6 Å². The van der Waals surface area contributed by atoms with Gasteiger partial charge in [-0.25, -0.2) is 9.78 Å². The van der Waals surface area contributed by atoms with Gasteiger partial charge in [-0.1, -0.05) is 12.1 Å². The van der Waals surface area contributed by atoms with E-state index >= 15 is 0 Å². The molecular weight excluding hydrogens is 416 g/mol. The lowest BCUT2D eigenvalue weighted by Crippen LogP contribution is -2.60. The Bertz CT molecular complexity index is 1240. The van der Waals surface area contributed by atoms with Gasteiger partial charge in [0.15, 0.2) is 0 Å². The number of hydrogen-bond acceptors (Lipinski definition) is 4. The molecule has 1 spiro atoms. The highest BCUT2D eigenvalue weighted by atomic mass is 16.5. The van der Waals surface area contributed by atoms with Crippen LogP contribution in [0.5, 0.6) is 5.75 Å². The van der Waals surface area contributed by atoms with Gasteiger partial charge < -0.3 is 19.7 Å². The molecule has 3 aromatic rings. The lowest BCUT2D eigenvalue weighted by atomic mass is 9.61. The van der Waals surface area contributed by atoms with Crippen LogP contribution in [0.4, 0.5) is 10.5 Å². The van der Waals surface area contributed by atoms with Gasteiger partial charge in [0.25, 0.3) is 0 Å². The van der Waals surface area contributed by atoms with E-state index in [0.29, 0.717) is 11.5 Å². The number of carbonyl (C=O) groups is 1. The molecule has 2 aromatic carbocycles. The third kappa shape index (κ3) is 3.21. The number of ether oxygens (including phenoxy) is 1. The summed E-state index contributed by atoms with van der Waals surface area (Å²) < 4.78 is 7.88. The van der Waals surface area contributed by atoms with Gasteiger partial charge >= 0.3 is 6.09 Å². The summed E-state index contributed by atoms with van der Waals surface area (Å²) in [7, 11) is 1.69. The van der Waals surface area contributed by atoms with Crippen molar-refractivity contribution < 1.29 is 14.6 Å². The van der Waals surface area contributed by atoms with Crippen molar-refractivity contribution in [3.8, 4) is 5.75 Å². The highest BCUT2D eigenvalue weighted by Crippen LogP contribution is 2.52. The van der Waals surface area contributed by atoms with Gasteiger partial charge in [0, 0.05) is 37.2 Å². The number of benzene rings is 2. The summed E-state index contributed by atoms with van der Waals surface area (Å²) >= 11 is 0. The van der Waals surface area contributed by atoms with Crippen LogP contribution < -0.4 is 15.0 Å². The van der Waals surface area contributed by atoms with Crippen molar-refractivity contribution in [2.75, 3.05) is 25.1 Å². The molecule has 1 atom stereocenters. The Balaban J connectivity index is 1.46. The first-order valence-corrected chi connectivity index (χ1v) is 11.9. The average Bonchev–Trinajstić information content (AvgIpc) is 3.09. The molecule has 7 heteroatoms. The summed E-state index contributed by atoms with van der Waals surface area (Å²) in [5, 5.41) is 13.3. The van der Waals surface area contributed by atoms with Gasteiger partial charge in [-0.3, -0.25) is 4.90 Å². The molecule has 3 aliphatic rings. The molecule has 33 heavy (non-hydrogen) atoms. The van der Waals surface area contributed by atoms with E-state index in [1.165, 1.54) is 23.3 Å². The van der Waals surface area contributed by atoms with E-state index in [9.17, 15) is 9.90 Å². The first kappa shape index (κ1) is 20.5. The smallest absolute Gasteiger partial charge is 0.412 e. The molecule has 1 aromatic heterocycles. The van der Waals surface area contributed by atoms with Crippen molar-refractivity contribution >= 4 is 22.8 Å². The number of nitrogens with zero attached hydrogens (tertiary/aromatic N) is 3. The van der Waals surface area contributed by atoms with E-state index < -0.39 is 6.09 Å². The summed E-state index contributed by atoms with van der Waals surface area (Å²) in [6.45, 7) is 4.21. The summed E-state index contributed by atoms with van der Waals surface area (Å²) in [5.74, 6) is 1.90. The fourth-order valence-electron chi connectivity index (χ4n) is 6.12. The number of rotatable bonds is 4. The normalized spacial score (nSPS) is 21.5. The zero-order valence-corrected chi connectivity index (χ0v) is 19.2. The molecule has 3 heterocycles. The van der Waals surface area contributed by atoms with E-state index in [2.05, 4.69) is 28.1 Å².